The molecule has 2 N–H and O–H groups in total. The number of phenols is 1. The average Bonchev–Trinajstić information content (AvgIpc) is 2.42. The lowest BCUT2D eigenvalue weighted by Crippen LogP contribution is -2.46. The van der Waals surface area contributed by atoms with Crippen molar-refractivity contribution in [2.75, 3.05) is 24.7 Å². The zero-order valence-corrected chi connectivity index (χ0v) is 11.6. The first-order valence-electron chi connectivity index (χ1n) is 6.50. The third-order valence-corrected chi connectivity index (χ3v) is 4.17. The highest BCUT2D eigenvalue weighted by molar-refractivity contribution is 7.99. The number of likely N-dealkylation sites (N-methyl/N-ethyl adjacent to an activating group) is 1. The minimum atomic E-state index is 0.289. The fourth-order valence-corrected chi connectivity index (χ4v) is 3.16. The van der Waals surface area contributed by atoms with Gasteiger partial charge in [-0.1, -0.05) is 19.1 Å². The number of phenolic OH excluding ortho intramolecular Hbond substituents is 1. The van der Waals surface area contributed by atoms with Gasteiger partial charge in [-0.3, -0.25) is 0 Å². The van der Waals surface area contributed by atoms with Gasteiger partial charge in [0.2, 0.25) is 0 Å². The molecule has 100 valence electrons. The van der Waals surface area contributed by atoms with E-state index in [1.165, 1.54) is 5.56 Å². The van der Waals surface area contributed by atoms with Crippen LogP contribution in [-0.4, -0.2) is 41.9 Å². The van der Waals surface area contributed by atoms with Crippen LogP contribution in [0.5, 0.6) is 5.75 Å². The van der Waals surface area contributed by atoms with Gasteiger partial charge in [-0.25, -0.2) is 0 Å². The quantitative estimate of drug-likeness (QED) is 0.857. The highest BCUT2D eigenvalue weighted by Gasteiger charge is 2.24. The maximum Gasteiger partial charge on any atom is 0.115 e. The molecule has 0 spiro atoms. The minimum Gasteiger partial charge on any atom is -0.508 e. The van der Waals surface area contributed by atoms with E-state index in [0.717, 1.165) is 31.1 Å². The molecule has 1 aliphatic rings. The van der Waals surface area contributed by atoms with E-state index < -0.39 is 0 Å². The molecule has 0 saturated carbocycles. The Balaban J connectivity index is 1.98. The summed E-state index contributed by atoms with van der Waals surface area (Å²) in [5.74, 6) is 2.49. The number of hydrogen-bond donors (Lipinski definition) is 2. The van der Waals surface area contributed by atoms with Crippen molar-refractivity contribution in [3.05, 3.63) is 29.8 Å². The molecule has 0 radical (unpaired) electrons. The molecule has 2 unspecified atom stereocenters. The fraction of sp³-hybridized carbons (Fsp3) is 0.571. The minimum absolute atomic E-state index is 0.289. The van der Waals surface area contributed by atoms with Crippen LogP contribution in [0, 0.1) is 0 Å². The van der Waals surface area contributed by atoms with Crippen LogP contribution in [0.3, 0.4) is 0 Å². The molecule has 0 aliphatic carbocycles. The molecule has 0 bridgehead atoms. The monoisotopic (exact) mass is 267 g/mol. The van der Waals surface area contributed by atoms with E-state index in [-0.39, 0.29) is 6.10 Å². The molecule has 1 fully saturated rings. The van der Waals surface area contributed by atoms with Crippen LogP contribution in [0.15, 0.2) is 24.3 Å². The first-order chi connectivity index (χ1) is 8.79. The van der Waals surface area contributed by atoms with Crippen LogP contribution >= 0.6 is 11.8 Å². The summed E-state index contributed by atoms with van der Waals surface area (Å²) >= 11 is 1.97. The average molecular weight is 267 g/mol. The van der Waals surface area contributed by atoms with Crippen molar-refractivity contribution < 1.29 is 9.84 Å². The Labute approximate surface area is 113 Å². The predicted octanol–water partition coefficient (Wildman–Crippen LogP) is 2.04. The van der Waals surface area contributed by atoms with Crippen LogP contribution in [0.25, 0.3) is 0 Å². The second kappa shape index (κ2) is 7.02. The number of benzene rings is 1. The van der Waals surface area contributed by atoms with Crippen molar-refractivity contribution >= 4 is 11.8 Å². The fourth-order valence-electron chi connectivity index (χ4n) is 2.22. The summed E-state index contributed by atoms with van der Waals surface area (Å²) in [6.45, 7) is 3.93. The van der Waals surface area contributed by atoms with Gasteiger partial charge in [-0.15, -0.1) is 0 Å². The standard InChI is InChI=1S/C14H21NO2S/c1-2-15-13(14-10-18-8-7-17-14)9-11-3-5-12(16)6-4-11/h3-6,13-16H,2,7-10H2,1H3. The van der Waals surface area contributed by atoms with Gasteiger partial charge in [0.25, 0.3) is 0 Å². The molecule has 3 nitrogen and oxygen atoms in total. The van der Waals surface area contributed by atoms with Gasteiger partial charge in [0.15, 0.2) is 0 Å². The molecule has 1 saturated heterocycles. The van der Waals surface area contributed by atoms with Crippen molar-refractivity contribution in [3.63, 3.8) is 0 Å². The zero-order chi connectivity index (χ0) is 12.8. The SMILES string of the molecule is CCNC(Cc1ccc(O)cc1)C1CSCCO1. The summed E-state index contributed by atoms with van der Waals surface area (Å²) in [5.41, 5.74) is 1.23. The van der Waals surface area contributed by atoms with E-state index in [2.05, 4.69) is 12.2 Å². The van der Waals surface area contributed by atoms with Crippen LogP contribution in [-0.2, 0) is 11.2 Å². The van der Waals surface area contributed by atoms with E-state index in [0.29, 0.717) is 11.8 Å². The van der Waals surface area contributed by atoms with Gasteiger partial charge in [0.05, 0.1) is 12.7 Å². The Morgan fingerprint density at radius 3 is 2.83 bits per heavy atom. The molecule has 1 aliphatic heterocycles. The highest BCUT2D eigenvalue weighted by atomic mass is 32.2. The van der Waals surface area contributed by atoms with Crippen LogP contribution in [0.2, 0.25) is 0 Å². The zero-order valence-electron chi connectivity index (χ0n) is 10.8. The van der Waals surface area contributed by atoms with E-state index in [9.17, 15) is 5.11 Å². The summed E-state index contributed by atoms with van der Waals surface area (Å²) in [7, 11) is 0. The first-order valence-corrected chi connectivity index (χ1v) is 7.65. The van der Waals surface area contributed by atoms with Crippen LogP contribution in [0.1, 0.15) is 12.5 Å². The summed E-state index contributed by atoms with van der Waals surface area (Å²) < 4.78 is 5.86. The van der Waals surface area contributed by atoms with Gasteiger partial charge in [0, 0.05) is 17.5 Å². The van der Waals surface area contributed by atoms with Gasteiger partial charge < -0.3 is 15.2 Å². The number of thioether (sulfide) groups is 1. The van der Waals surface area contributed by atoms with Gasteiger partial charge >= 0.3 is 0 Å². The summed E-state index contributed by atoms with van der Waals surface area (Å²) in [6, 6.07) is 7.81. The Morgan fingerprint density at radius 2 is 2.22 bits per heavy atom. The number of rotatable bonds is 5. The normalized spacial score (nSPS) is 21.7. The Bertz CT molecular complexity index is 349. The lowest BCUT2D eigenvalue weighted by atomic mass is 10.0. The molecule has 2 atom stereocenters. The van der Waals surface area contributed by atoms with E-state index >= 15 is 0 Å². The van der Waals surface area contributed by atoms with Crippen molar-refractivity contribution in [1.29, 1.82) is 0 Å². The molecule has 18 heavy (non-hydrogen) atoms. The molecular weight excluding hydrogens is 246 g/mol. The lowest BCUT2D eigenvalue weighted by molar-refractivity contribution is 0.0476. The second-order valence-electron chi connectivity index (χ2n) is 4.52. The number of ether oxygens (including phenoxy) is 1. The topological polar surface area (TPSA) is 41.5 Å². The van der Waals surface area contributed by atoms with E-state index in [4.69, 9.17) is 4.74 Å². The van der Waals surface area contributed by atoms with Crippen molar-refractivity contribution in [1.82, 2.24) is 5.32 Å². The smallest absolute Gasteiger partial charge is 0.115 e. The third-order valence-electron chi connectivity index (χ3n) is 3.15. The molecule has 0 aromatic heterocycles. The third kappa shape index (κ3) is 3.90. The molecule has 1 aromatic rings. The van der Waals surface area contributed by atoms with E-state index in [1.54, 1.807) is 12.1 Å². The molecule has 2 rings (SSSR count). The molecule has 4 heteroatoms. The molecule has 1 aromatic carbocycles. The summed E-state index contributed by atoms with van der Waals surface area (Å²) in [6.07, 6.45) is 1.23. The molecule has 0 amide bonds. The molecular formula is C14H21NO2S. The maximum atomic E-state index is 9.30. The molecule has 1 heterocycles. The Morgan fingerprint density at radius 1 is 1.44 bits per heavy atom. The van der Waals surface area contributed by atoms with Crippen LogP contribution < -0.4 is 5.32 Å². The van der Waals surface area contributed by atoms with E-state index in [1.807, 2.05) is 23.9 Å². The van der Waals surface area contributed by atoms with Crippen molar-refractivity contribution in [2.45, 2.75) is 25.5 Å². The Kier molecular flexibility index (Phi) is 5.35. The van der Waals surface area contributed by atoms with Gasteiger partial charge in [-0.2, -0.15) is 11.8 Å². The predicted molar refractivity (Wildman–Crippen MR) is 76.3 cm³/mol. The largest absolute Gasteiger partial charge is 0.508 e. The lowest BCUT2D eigenvalue weighted by Gasteiger charge is -2.30. The maximum absolute atomic E-state index is 9.30. The highest BCUT2D eigenvalue weighted by Crippen LogP contribution is 2.19. The number of aromatic hydroxyl groups is 1. The summed E-state index contributed by atoms with van der Waals surface area (Å²) in [5, 5.41) is 12.8. The van der Waals surface area contributed by atoms with Crippen LogP contribution in [0.4, 0.5) is 0 Å². The first kappa shape index (κ1) is 13.7. The van der Waals surface area contributed by atoms with Gasteiger partial charge in [-0.05, 0) is 30.7 Å². The Hall–Kier alpha value is -0.710. The second-order valence-corrected chi connectivity index (χ2v) is 5.67. The van der Waals surface area contributed by atoms with Gasteiger partial charge in [0.1, 0.15) is 5.75 Å². The summed E-state index contributed by atoms with van der Waals surface area (Å²) in [4.78, 5) is 0. The number of hydrogen-bond acceptors (Lipinski definition) is 4. The van der Waals surface area contributed by atoms with Crippen molar-refractivity contribution in [3.8, 4) is 5.75 Å². The van der Waals surface area contributed by atoms with Crippen molar-refractivity contribution in [2.24, 2.45) is 0 Å². The number of nitrogens with one attached hydrogen (secondary N) is 1.